The first-order chi connectivity index (χ1) is 9.15. The molecule has 2 unspecified atom stereocenters. The van der Waals surface area contributed by atoms with Crippen molar-refractivity contribution in [3.05, 3.63) is 35.4 Å². The van der Waals surface area contributed by atoms with Crippen LogP contribution in [0.5, 0.6) is 0 Å². The number of carbonyl (C=O) groups excluding carboxylic acids is 1. The summed E-state index contributed by atoms with van der Waals surface area (Å²) in [5.41, 5.74) is 2.42. The van der Waals surface area contributed by atoms with Gasteiger partial charge in [0.15, 0.2) is 0 Å². The van der Waals surface area contributed by atoms with E-state index in [4.69, 9.17) is 0 Å². The van der Waals surface area contributed by atoms with Crippen LogP contribution in [0.25, 0.3) is 0 Å². The molecule has 3 atom stereocenters. The number of aliphatic hydroxyl groups is 2. The highest BCUT2D eigenvalue weighted by atomic mass is 16.3. The standard InChI is InChI=1S/C14H18N2O3/c17-12-7-16(8-13(12)18)14(19)11-5-9-3-1-2-4-10(9)6-15-11/h1-4,11-13,15,17-18H,5-8H2/t11-,12?,13?/m0/s1. The first-order valence-corrected chi connectivity index (χ1v) is 6.60. The van der Waals surface area contributed by atoms with Crippen LogP contribution in [0.3, 0.4) is 0 Å². The Labute approximate surface area is 111 Å². The van der Waals surface area contributed by atoms with Crippen molar-refractivity contribution in [3.63, 3.8) is 0 Å². The molecular weight excluding hydrogens is 244 g/mol. The SMILES string of the molecule is O=C([C@@H]1Cc2ccccc2CN1)N1CC(O)C(O)C1. The molecule has 1 aromatic rings. The number of β-amino-alcohol motifs (C(OH)–C–C–N with tert-alkyl or cyclic N) is 2. The Morgan fingerprint density at radius 3 is 2.47 bits per heavy atom. The van der Waals surface area contributed by atoms with Gasteiger partial charge in [0.2, 0.25) is 5.91 Å². The highest BCUT2D eigenvalue weighted by Crippen LogP contribution is 2.19. The Morgan fingerprint density at radius 2 is 1.79 bits per heavy atom. The number of carbonyl (C=O) groups is 1. The van der Waals surface area contributed by atoms with E-state index < -0.39 is 12.2 Å². The Kier molecular flexibility index (Phi) is 3.26. The van der Waals surface area contributed by atoms with Crippen molar-refractivity contribution in [1.29, 1.82) is 0 Å². The minimum atomic E-state index is -0.820. The second-order valence-electron chi connectivity index (χ2n) is 5.28. The van der Waals surface area contributed by atoms with Crippen LogP contribution in [0, 0.1) is 0 Å². The minimum Gasteiger partial charge on any atom is -0.388 e. The first kappa shape index (κ1) is 12.6. The Hall–Kier alpha value is -1.43. The van der Waals surface area contributed by atoms with Crippen LogP contribution in [0.15, 0.2) is 24.3 Å². The topological polar surface area (TPSA) is 72.8 Å². The fourth-order valence-electron chi connectivity index (χ4n) is 2.80. The van der Waals surface area contributed by atoms with Crippen molar-refractivity contribution in [2.75, 3.05) is 13.1 Å². The summed E-state index contributed by atoms with van der Waals surface area (Å²) in [7, 11) is 0. The van der Waals surface area contributed by atoms with E-state index in [1.165, 1.54) is 11.1 Å². The molecule has 2 aliphatic heterocycles. The molecular formula is C14H18N2O3. The van der Waals surface area contributed by atoms with Crippen molar-refractivity contribution in [3.8, 4) is 0 Å². The molecule has 5 nitrogen and oxygen atoms in total. The number of hydrogen-bond donors (Lipinski definition) is 3. The third-order valence-corrected chi connectivity index (χ3v) is 3.95. The highest BCUT2D eigenvalue weighted by molar-refractivity contribution is 5.83. The molecule has 0 saturated carbocycles. The van der Waals surface area contributed by atoms with Gasteiger partial charge in [0.05, 0.1) is 18.2 Å². The molecule has 5 heteroatoms. The lowest BCUT2D eigenvalue weighted by Gasteiger charge is -2.28. The number of amides is 1. The lowest BCUT2D eigenvalue weighted by atomic mass is 9.95. The Bertz CT molecular complexity index is 481. The van der Waals surface area contributed by atoms with Crippen molar-refractivity contribution in [2.24, 2.45) is 0 Å². The van der Waals surface area contributed by atoms with Crippen LogP contribution in [-0.2, 0) is 17.8 Å². The van der Waals surface area contributed by atoms with Crippen molar-refractivity contribution < 1.29 is 15.0 Å². The predicted octanol–water partition coefficient (Wildman–Crippen LogP) is -0.735. The monoisotopic (exact) mass is 262 g/mol. The minimum absolute atomic E-state index is 0.0369. The van der Waals surface area contributed by atoms with Gasteiger partial charge in [-0.15, -0.1) is 0 Å². The summed E-state index contributed by atoms with van der Waals surface area (Å²) in [6.07, 6.45) is -0.975. The third-order valence-electron chi connectivity index (χ3n) is 3.95. The molecule has 3 N–H and O–H groups in total. The number of rotatable bonds is 1. The van der Waals surface area contributed by atoms with Crippen molar-refractivity contribution >= 4 is 5.91 Å². The van der Waals surface area contributed by atoms with Gasteiger partial charge < -0.3 is 20.4 Å². The van der Waals surface area contributed by atoms with E-state index in [9.17, 15) is 15.0 Å². The summed E-state index contributed by atoms with van der Waals surface area (Å²) in [5.74, 6) is -0.0369. The summed E-state index contributed by atoms with van der Waals surface area (Å²) in [6.45, 7) is 1.13. The van der Waals surface area contributed by atoms with E-state index in [1.54, 1.807) is 4.90 Å². The van der Waals surface area contributed by atoms with Gasteiger partial charge in [-0.1, -0.05) is 24.3 Å². The predicted molar refractivity (Wildman–Crippen MR) is 69.4 cm³/mol. The number of nitrogens with one attached hydrogen (secondary N) is 1. The maximum atomic E-state index is 12.3. The van der Waals surface area contributed by atoms with E-state index in [0.29, 0.717) is 13.0 Å². The van der Waals surface area contributed by atoms with E-state index >= 15 is 0 Å². The number of nitrogens with zero attached hydrogens (tertiary/aromatic N) is 1. The lowest BCUT2D eigenvalue weighted by Crippen LogP contribution is -2.49. The largest absolute Gasteiger partial charge is 0.388 e. The fraction of sp³-hybridized carbons (Fsp3) is 0.500. The molecule has 2 aliphatic rings. The number of aliphatic hydroxyl groups excluding tert-OH is 2. The van der Waals surface area contributed by atoms with Crippen LogP contribution >= 0.6 is 0 Å². The van der Waals surface area contributed by atoms with Crippen LogP contribution in [0.1, 0.15) is 11.1 Å². The van der Waals surface area contributed by atoms with E-state index in [-0.39, 0.29) is 25.0 Å². The molecule has 3 rings (SSSR count). The number of likely N-dealkylation sites (tertiary alicyclic amines) is 1. The summed E-state index contributed by atoms with van der Waals surface area (Å²) in [4.78, 5) is 13.9. The molecule has 1 saturated heterocycles. The molecule has 0 aromatic heterocycles. The van der Waals surface area contributed by atoms with Crippen LogP contribution in [-0.4, -0.2) is 52.4 Å². The second-order valence-corrected chi connectivity index (χ2v) is 5.28. The molecule has 0 radical (unpaired) electrons. The maximum Gasteiger partial charge on any atom is 0.240 e. The van der Waals surface area contributed by atoms with Crippen LogP contribution in [0.2, 0.25) is 0 Å². The zero-order chi connectivity index (χ0) is 13.4. The highest BCUT2D eigenvalue weighted by Gasteiger charge is 2.36. The van der Waals surface area contributed by atoms with Crippen molar-refractivity contribution in [2.45, 2.75) is 31.2 Å². The third kappa shape index (κ3) is 2.36. The molecule has 0 bridgehead atoms. The Balaban J connectivity index is 1.70. The molecule has 2 heterocycles. The van der Waals surface area contributed by atoms with Gasteiger partial charge in [0, 0.05) is 19.6 Å². The van der Waals surface area contributed by atoms with Crippen molar-refractivity contribution in [1.82, 2.24) is 10.2 Å². The molecule has 1 amide bonds. The summed E-state index contributed by atoms with van der Waals surface area (Å²) < 4.78 is 0. The van der Waals surface area contributed by atoms with Gasteiger partial charge >= 0.3 is 0 Å². The van der Waals surface area contributed by atoms with Crippen LogP contribution in [0.4, 0.5) is 0 Å². The average molecular weight is 262 g/mol. The number of benzene rings is 1. The quantitative estimate of drug-likeness (QED) is 0.623. The zero-order valence-corrected chi connectivity index (χ0v) is 10.6. The molecule has 102 valence electrons. The molecule has 0 spiro atoms. The molecule has 1 aromatic carbocycles. The number of hydrogen-bond acceptors (Lipinski definition) is 4. The fourth-order valence-corrected chi connectivity index (χ4v) is 2.80. The van der Waals surface area contributed by atoms with Gasteiger partial charge in [0.1, 0.15) is 0 Å². The second kappa shape index (κ2) is 4.92. The summed E-state index contributed by atoms with van der Waals surface area (Å²) in [5, 5.41) is 22.2. The zero-order valence-electron chi connectivity index (χ0n) is 10.6. The van der Waals surface area contributed by atoms with Gasteiger partial charge in [-0.25, -0.2) is 0 Å². The molecule has 0 aliphatic carbocycles. The van der Waals surface area contributed by atoms with Gasteiger partial charge in [-0.05, 0) is 17.5 Å². The van der Waals surface area contributed by atoms with E-state index in [2.05, 4.69) is 11.4 Å². The Morgan fingerprint density at radius 1 is 1.16 bits per heavy atom. The van der Waals surface area contributed by atoms with E-state index in [1.807, 2.05) is 18.2 Å². The average Bonchev–Trinajstić information content (AvgIpc) is 2.77. The normalized spacial score (nSPS) is 30.2. The smallest absolute Gasteiger partial charge is 0.240 e. The summed E-state index contributed by atoms with van der Waals surface area (Å²) >= 11 is 0. The maximum absolute atomic E-state index is 12.3. The van der Waals surface area contributed by atoms with Crippen LogP contribution < -0.4 is 5.32 Å². The van der Waals surface area contributed by atoms with Gasteiger partial charge in [-0.2, -0.15) is 0 Å². The van der Waals surface area contributed by atoms with E-state index in [0.717, 1.165) is 0 Å². The van der Waals surface area contributed by atoms with Gasteiger partial charge in [0.25, 0.3) is 0 Å². The summed E-state index contributed by atoms with van der Waals surface area (Å²) in [6, 6.07) is 7.83. The molecule has 1 fully saturated rings. The molecule has 19 heavy (non-hydrogen) atoms. The number of fused-ring (bicyclic) bond motifs is 1. The van der Waals surface area contributed by atoms with Gasteiger partial charge in [-0.3, -0.25) is 4.79 Å². The lowest BCUT2D eigenvalue weighted by molar-refractivity contribution is -0.133. The first-order valence-electron chi connectivity index (χ1n) is 6.60.